The Balaban J connectivity index is 1.24. The molecular weight excluding hydrogens is 521 g/mol. The predicted molar refractivity (Wildman–Crippen MR) is 131 cm³/mol. The fraction of sp³-hybridized carbons (Fsp3) is 0.654. The zero-order valence-corrected chi connectivity index (χ0v) is 21.8. The van der Waals surface area contributed by atoms with E-state index in [2.05, 4.69) is 15.3 Å². The molecule has 0 bridgehead atoms. The van der Waals surface area contributed by atoms with Gasteiger partial charge < -0.3 is 24.4 Å². The molecule has 3 aliphatic heterocycles. The zero-order valence-electron chi connectivity index (χ0n) is 21.0. The van der Waals surface area contributed by atoms with Crippen molar-refractivity contribution in [2.75, 3.05) is 26.9 Å². The number of fused-ring (bicyclic) bond motifs is 2. The molecule has 6 rings (SSSR count). The zero-order chi connectivity index (χ0) is 26.4. The molecule has 0 spiro atoms. The number of nitrogens with one attached hydrogen (secondary N) is 1. The van der Waals surface area contributed by atoms with Crippen LogP contribution in [-0.4, -0.2) is 71.9 Å². The Hall–Kier alpha value is -2.12. The average Bonchev–Trinajstić information content (AvgIpc) is 3.64. The van der Waals surface area contributed by atoms with Crippen molar-refractivity contribution in [3.8, 4) is 0 Å². The third kappa shape index (κ3) is 4.97. The Morgan fingerprint density at radius 3 is 2.89 bits per heavy atom. The number of nitrogens with zero attached hydrogens (tertiary/aromatic N) is 3. The summed E-state index contributed by atoms with van der Waals surface area (Å²) in [5.74, 6) is -0.399. The Morgan fingerprint density at radius 2 is 2.13 bits per heavy atom. The van der Waals surface area contributed by atoms with Gasteiger partial charge in [0.2, 0.25) is 5.91 Å². The maximum absolute atomic E-state index is 14.1. The van der Waals surface area contributed by atoms with E-state index in [1.807, 2.05) is 5.38 Å². The Labute approximate surface area is 222 Å². The average molecular weight is 553 g/mol. The maximum atomic E-state index is 14.1. The molecule has 0 radical (unpaired) electrons. The van der Waals surface area contributed by atoms with Gasteiger partial charge in [-0.1, -0.05) is 0 Å². The molecule has 1 saturated carbocycles. The molecule has 0 aromatic carbocycles. The summed E-state index contributed by atoms with van der Waals surface area (Å²) in [7, 11) is 1.66. The minimum Gasteiger partial charge on any atom is -0.379 e. The number of methoxy groups -OCH3 is 1. The Bertz CT molecular complexity index is 1150. The van der Waals surface area contributed by atoms with Crippen LogP contribution in [0.4, 0.5) is 13.2 Å². The monoisotopic (exact) mass is 552 g/mol. The molecule has 1 aliphatic carbocycles. The highest BCUT2D eigenvalue weighted by Crippen LogP contribution is 2.49. The molecule has 12 heteroatoms. The summed E-state index contributed by atoms with van der Waals surface area (Å²) >= 11 is 1.55. The predicted octanol–water partition coefficient (Wildman–Crippen LogP) is 3.37. The topological polar surface area (TPSA) is 85.8 Å². The van der Waals surface area contributed by atoms with Crippen LogP contribution in [0.3, 0.4) is 0 Å². The lowest BCUT2D eigenvalue weighted by Crippen LogP contribution is -2.55. The second-order valence-corrected chi connectivity index (χ2v) is 11.5. The third-order valence-corrected chi connectivity index (χ3v) is 9.28. The van der Waals surface area contributed by atoms with Crippen LogP contribution < -0.4 is 5.32 Å². The normalized spacial score (nSPS) is 33.3. The van der Waals surface area contributed by atoms with E-state index >= 15 is 0 Å². The van der Waals surface area contributed by atoms with Gasteiger partial charge in [0.1, 0.15) is 11.1 Å². The standard InChI is InChI=1S/C26H31F3N4O4S/c1-35-22-13-36-6-3-18(22)32-19-10-20-16(9-21(37-20)24-30-4-7-38-24)23(19)25(34)33-5-2-17-14(12-33)8-15(11-31-17)26(27,28)29/h4,7-8,11,16,18-23,32H,2-3,5-6,9-10,12-13H2,1H3/t16-,18?,19-,20-,21?,22?,23+/m1/s1. The largest absolute Gasteiger partial charge is 0.417 e. The molecule has 8 nitrogen and oxygen atoms in total. The van der Waals surface area contributed by atoms with E-state index in [4.69, 9.17) is 14.2 Å². The molecule has 4 aliphatic rings. The first kappa shape index (κ1) is 26.1. The molecule has 206 valence electrons. The van der Waals surface area contributed by atoms with Crippen molar-refractivity contribution in [2.45, 2.75) is 68.8 Å². The molecule has 2 aromatic rings. The van der Waals surface area contributed by atoms with Gasteiger partial charge in [-0.25, -0.2) is 4.98 Å². The first-order valence-corrected chi connectivity index (χ1v) is 13.9. The summed E-state index contributed by atoms with van der Waals surface area (Å²) in [6.45, 7) is 1.67. The van der Waals surface area contributed by atoms with E-state index in [0.29, 0.717) is 50.3 Å². The van der Waals surface area contributed by atoms with Gasteiger partial charge in [0.05, 0.1) is 30.3 Å². The number of hydrogen-bond donors (Lipinski definition) is 1. The number of ether oxygens (including phenoxy) is 3. The van der Waals surface area contributed by atoms with Crippen molar-refractivity contribution in [3.63, 3.8) is 0 Å². The van der Waals surface area contributed by atoms with Gasteiger partial charge in [0.25, 0.3) is 0 Å². The number of aromatic nitrogens is 2. The smallest absolute Gasteiger partial charge is 0.379 e. The second-order valence-electron chi connectivity index (χ2n) is 10.5. The number of alkyl halides is 3. The van der Waals surface area contributed by atoms with Crippen molar-refractivity contribution in [3.05, 3.63) is 45.7 Å². The Kier molecular flexibility index (Phi) is 7.19. The van der Waals surface area contributed by atoms with E-state index in [-0.39, 0.29) is 54.7 Å². The number of carbonyl (C=O) groups excluding carboxylic acids is 1. The molecule has 1 N–H and O–H groups in total. The molecule has 2 saturated heterocycles. The summed E-state index contributed by atoms with van der Waals surface area (Å²) in [5.41, 5.74) is 0.302. The van der Waals surface area contributed by atoms with Crippen LogP contribution in [0.1, 0.15) is 47.2 Å². The maximum Gasteiger partial charge on any atom is 0.417 e. The van der Waals surface area contributed by atoms with Gasteiger partial charge >= 0.3 is 6.18 Å². The van der Waals surface area contributed by atoms with Gasteiger partial charge in [0.15, 0.2) is 0 Å². The molecule has 38 heavy (non-hydrogen) atoms. The lowest BCUT2D eigenvalue weighted by molar-refractivity contribution is -0.139. The molecule has 1 amide bonds. The highest BCUT2D eigenvalue weighted by Gasteiger charge is 2.54. The van der Waals surface area contributed by atoms with E-state index in [9.17, 15) is 18.0 Å². The van der Waals surface area contributed by atoms with Crippen molar-refractivity contribution in [1.82, 2.24) is 20.2 Å². The summed E-state index contributed by atoms with van der Waals surface area (Å²) in [4.78, 5) is 24.3. The third-order valence-electron chi connectivity index (χ3n) is 8.41. The molecule has 2 aromatic heterocycles. The lowest BCUT2D eigenvalue weighted by atomic mass is 9.87. The van der Waals surface area contributed by atoms with Gasteiger partial charge in [-0.3, -0.25) is 9.78 Å². The molecular formula is C26H31F3N4O4S. The van der Waals surface area contributed by atoms with Gasteiger partial charge in [-0.15, -0.1) is 11.3 Å². The summed E-state index contributed by atoms with van der Waals surface area (Å²) in [6, 6.07) is 1.05. The summed E-state index contributed by atoms with van der Waals surface area (Å²) in [6.07, 6.45) is 0.399. The minimum atomic E-state index is -4.48. The minimum absolute atomic E-state index is 0.00392. The summed E-state index contributed by atoms with van der Waals surface area (Å²) < 4.78 is 57.6. The van der Waals surface area contributed by atoms with Crippen molar-refractivity contribution in [1.29, 1.82) is 0 Å². The van der Waals surface area contributed by atoms with Gasteiger partial charge in [-0.2, -0.15) is 13.2 Å². The number of carbonyl (C=O) groups is 1. The fourth-order valence-corrected chi connectivity index (χ4v) is 7.23. The van der Waals surface area contributed by atoms with Crippen LogP contribution in [0.15, 0.2) is 23.8 Å². The van der Waals surface area contributed by atoms with Crippen molar-refractivity contribution >= 4 is 17.2 Å². The van der Waals surface area contributed by atoms with E-state index in [1.165, 1.54) is 0 Å². The first-order valence-electron chi connectivity index (χ1n) is 13.1. The van der Waals surface area contributed by atoms with E-state index in [0.717, 1.165) is 23.7 Å². The molecule has 3 unspecified atom stereocenters. The van der Waals surface area contributed by atoms with Crippen LogP contribution in [0.2, 0.25) is 0 Å². The van der Waals surface area contributed by atoms with Gasteiger partial charge in [-0.05, 0) is 30.9 Å². The number of thiazole rings is 1. The quantitative estimate of drug-likeness (QED) is 0.609. The number of hydrogen-bond acceptors (Lipinski definition) is 8. The molecule has 3 fully saturated rings. The second kappa shape index (κ2) is 10.5. The number of pyridine rings is 1. The summed E-state index contributed by atoms with van der Waals surface area (Å²) in [5, 5.41) is 6.54. The van der Waals surface area contributed by atoms with Crippen molar-refractivity contribution < 1.29 is 32.2 Å². The van der Waals surface area contributed by atoms with Crippen LogP contribution in [0.5, 0.6) is 0 Å². The van der Waals surface area contributed by atoms with Crippen LogP contribution >= 0.6 is 11.3 Å². The van der Waals surface area contributed by atoms with Crippen molar-refractivity contribution in [2.24, 2.45) is 11.8 Å². The molecule has 5 heterocycles. The highest BCUT2D eigenvalue weighted by molar-refractivity contribution is 7.09. The Morgan fingerprint density at radius 1 is 1.26 bits per heavy atom. The first-order chi connectivity index (χ1) is 18.3. The van der Waals surface area contributed by atoms with Crippen LogP contribution in [-0.2, 0) is 38.1 Å². The van der Waals surface area contributed by atoms with E-state index < -0.39 is 11.7 Å². The molecule has 7 atom stereocenters. The number of amides is 1. The van der Waals surface area contributed by atoms with E-state index in [1.54, 1.807) is 29.5 Å². The number of rotatable bonds is 5. The van der Waals surface area contributed by atoms with Crippen LogP contribution in [0, 0.1) is 11.8 Å². The SMILES string of the molecule is COC1COCCC1N[C@@H]1C[C@H]2OC(c3nccs3)C[C@H]2[C@@H]1C(=O)N1CCc2ncc(C(F)(F)F)cc2C1. The highest BCUT2D eigenvalue weighted by atomic mass is 32.1. The lowest BCUT2D eigenvalue weighted by Gasteiger charge is -2.37. The van der Waals surface area contributed by atoms with Gasteiger partial charge in [0, 0.05) is 74.7 Å². The van der Waals surface area contributed by atoms with Crippen LogP contribution in [0.25, 0.3) is 0 Å². The fourth-order valence-electron chi connectivity index (χ4n) is 6.54. The number of halogens is 3.